The Balaban J connectivity index is 1.81. The van der Waals surface area contributed by atoms with Gasteiger partial charge in [-0.3, -0.25) is 4.98 Å². The molecule has 0 amide bonds. The SMILES string of the molecule is Cc1cccc(N(C)N)c1COc1cccc(-c2ccccn2)c1. The van der Waals surface area contributed by atoms with Crippen LogP contribution in [-0.2, 0) is 6.61 Å². The smallest absolute Gasteiger partial charge is 0.120 e. The summed E-state index contributed by atoms with van der Waals surface area (Å²) in [6, 6.07) is 19.9. The number of aryl methyl sites for hydroxylation is 1. The van der Waals surface area contributed by atoms with Gasteiger partial charge in [-0.1, -0.05) is 30.3 Å². The minimum absolute atomic E-state index is 0.467. The van der Waals surface area contributed by atoms with Crippen LogP contribution in [0.25, 0.3) is 11.3 Å². The average molecular weight is 319 g/mol. The molecule has 1 heterocycles. The lowest BCUT2D eigenvalue weighted by Gasteiger charge is -2.19. The molecule has 4 nitrogen and oxygen atoms in total. The number of ether oxygens (including phenoxy) is 1. The maximum absolute atomic E-state index is 6.02. The first kappa shape index (κ1) is 16.0. The van der Waals surface area contributed by atoms with Gasteiger partial charge in [0.2, 0.25) is 0 Å². The molecular formula is C20H21N3O. The van der Waals surface area contributed by atoms with Gasteiger partial charge in [0.25, 0.3) is 0 Å². The molecule has 0 saturated carbocycles. The first-order valence-electron chi connectivity index (χ1n) is 7.86. The second kappa shape index (κ2) is 7.15. The molecule has 0 atom stereocenters. The number of nitrogens with zero attached hydrogens (tertiary/aromatic N) is 2. The van der Waals surface area contributed by atoms with E-state index in [0.717, 1.165) is 33.8 Å². The zero-order chi connectivity index (χ0) is 16.9. The van der Waals surface area contributed by atoms with Gasteiger partial charge in [0.05, 0.1) is 11.4 Å². The van der Waals surface area contributed by atoms with E-state index >= 15 is 0 Å². The van der Waals surface area contributed by atoms with E-state index in [-0.39, 0.29) is 0 Å². The van der Waals surface area contributed by atoms with Crippen LogP contribution in [0.5, 0.6) is 5.75 Å². The average Bonchev–Trinajstić information content (AvgIpc) is 2.61. The van der Waals surface area contributed by atoms with Gasteiger partial charge in [-0.05, 0) is 42.8 Å². The van der Waals surface area contributed by atoms with E-state index in [9.17, 15) is 0 Å². The number of rotatable bonds is 5. The molecule has 0 unspecified atom stereocenters. The maximum atomic E-state index is 6.02. The van der Waals surface area contributed by atoms with Gasteiger partial charge >= 0.3 is 0 Å². The lowest BCUT2D eigenvalue weighted by molar-refractivity contribution is 0.306. The Hall–Kier alpha value is -2.85. The molecule has 24 heavy (non-hydrogen) atoms. The van der Waals surface area contributed by atoms with Crippen LogP contribution in [0.1, 0.15) is 11.1 Å². The molecule has 1 aromatic heterocycles. The van der Waals surface area contributed by atoms with Crippen LogP contribution in [0.15, 0.2) is 66.9 Å². The van der Waals surface area contributed by atoms with Crippen molar-refractivity contribution in [3.8, 4) is 17.0 Å². The summed E-state index contributed by atoms with van der Waals surface area (Å²) in [6.07, 6.45) is 1.79. The van der Waals surface area contributed by atoms with Crippen molar-refractivity contribution in [2.45, 2.75) is 13.5 Å². The molecule has 122 valence electrons. The van der Waals surface area contributed by atoms with Crippen molar-refractivity contribution in [1.29, 1.82) is 0 Å². The predicted molar refractivity (Wildman–Crippen MR) is 97.8 cm³/mol. The van der Waals surface area contributed by atoms with Crippen molar-refractivity contribution < 1.29 is 4.74 Å². The second-order valence-electron chi connectivity index (χ2n) is 5.71. The monoisotopic (exact) mass is 319 g/mol. The zero-order valence-electron chi connectivity index (χ0n) is 13.9. The summed E-state index contributed by atoms with van der Waals surface area (Å²) in [4.78, 5) is 4.38. The molecule has 0 fully saturated rings. The third-order valence-electron chi connectivity index (χ3n) is 3.94. The molecular weight excluding hydrogens is 298 g/mol. The lowest BCUT2D eigenvalue weighted by atomic mass is 10.1. The Morgan fingerprint density at radius 2 is 1.88 bits per heavy atom. The lowest BCUT2D eigenvalue weighted by Crippen LogP contribution is -2.26. The van der Waals surface area contributed by atoms with Gasteiger partial charge in [0.1, 0.15) is 12.4 Å². The molecule has 3 aromatic rings. The van der Waals surface area contributed by atoms with Crippen LogP contribution >= 0.6 is 0 Å². The number of anilines is 1. The molecule has 0 saturated heterocycles. The van der Waals surface area contributed by atoms with Crippen LogP contribution in [0.2, 0.25) is 0 Å². The van der Waals surface area contributed by atoms with E-state index in [1.54, 1.807) is 11.2 Å². The Morgan fingerprint density at radius 1 is 1.04 bits per heavy atom. The quantitative estimate of drug-likeness (QED) is 0.571. The fraction of sp³-hybridized carbons (Fsp3) is 0.150. The summed E-state index contributed by atoms with van der Waals surface area (Å²) in [7, 11) is 1.83. The van der Waals surface area contributed by atoms with E-state index in [2.05, 4.69) is 18.0 Å². The van der Waals surface area contributed by atoms with Crippen molar-refractivity contribution >= 4 is 5.69 Å². The number of benzene rings is 2. The van der Waals surface area contributed by atoms with E-state index < -0.39 is 0 Å². The van der Waals surface area contributed by atoms with Gasteiger partial charge in [0, 0.05) is 24.4 Å². The van der Waals surface area contributed by atoms with Crippen LogP contribution in [0.4, 0.5) is 5.69 Å². The number of hydrogen-bond acceptors (Lipinski definition) is 4. The molecule has 0 aliphatic heterocycles. The highest BCUT2D eigenvalue weighted by molar-refractivity contribution is 5.61. The van der Waals surface area contributed by atoms with Crippen molar-refractivity contribution in [3.05, 3.63) is 78.0 Å². The molecule has 2 aromatic carbocycles. The zero-order valence-corrected chi connectivity index (χ0v) is 13.9. The van der Waals surface area contributed by atoms with Crippen molar-refractivity contribution in [1.82, 2.24) is 4.98 Å². The Morgan fingerprint density at radius 3 is 2.62 bits per heavy atom. The fourth-order valence-corrected chi connectivity index (χ4v) is 2.64. The Labute approximate surface area is 142 Å². The summed E-state index contributed by atoms with van der Waals surface area (Å²) < 4.78 is 6.02. The van der Waals surface area contributed by atoms with E-state index in [0.29, 0.717) is 6.61 Å². The summed E-state index contributed by atoms with van der Waals surface area (Å²) in [5.41, 5.74) is 5.18. The third kappa shape index (κ3) is 3.55. The largest absolute Gasteiger partial charge is 0.489 e. The second-order valence-corrected chi connectivity index (χ2v) is 5.71. The topological polar surface area (TPSA) is 51.4 Å². The van der Waals surface area contributed by atoms with Gasteiger partial charge in [0.15, 0.2) is 0 Å². The molecule has 0 aliphatic rings. The van der Waals surface area contributed by atoms with Crippen LogP contribution in [-0.4, -0.2) is 12.0 Å². The number of hydrazine groups is 1. The van der Waals surface area contributed by atoms with Crippen molar-refractivity contribution in [2.75, 3.05) is 12.1 Å². The standard InChI is InChI=1S/C20H21N3O/c1-15-7-5-11-20(23(2)21)18(15)14-24-17-9-6-8-16(13-17)19-10-3-4-12-22-19/h3-13H,14,21H2,1-2H3. The molecule has 0 aliphatic carbocycles. The summed E-state index contributed by atoms with van der Waals surface area (Å²) in [5.74, 6) is 6.73. The minimum atomic E-state index is 0.467. The van der Waals surface area contributed by atoms with Crippen molar-refractivity contribution in [3.63, 3.8) is 0 Å². The van der Waals surface area contributed by atoms with Gasteiger partial charge in [-0.25, -0.2) is 5.84 Å². The summed E-state index contributed by atoms with van der Waals surface area (Å²) in [6.45, 7) is 2.53. The highest BCUT2D eigenvalue weighted by atomic mass is 16.5. The molecule has 0 bridgehead atoms. The number of hydrogen-bond donors (Lipinski definition) is 1. The highest BCUT2D eigenvalue weighted by Crippen LogP contribution is 2.26. The predicted octanol–water partition coefficient (Wildman–Crippen LogP) is 3.95. The number of aromatic nitrogens is 1. The Bertz CT molecular complexity index is 816. The molecule has 0 radical (unpaired) electrons. The van der Waals surface area contributed by atoms with Crippen molar-refractivity contribution in [2.24, 2.45) is 5.84 Å². The Kier molecular flexibility index (Phi) is 4.77. The normalized spacial score (nSPS) is 10.5. The van der Waals surface area contributed by atoms with E-state index in [1.807, 2.05) is 61.6 Å². The van der Waals surface area contributed by atoms with Gasteiger partial charge < -0.3 is 9.75 Å². The highest BCUT2D eigenvalue weighted by Gasteiger charge is 2.09. The maximum Gasteiger partial charge on any atom is 0.120 e. The molecule has 4 heteroatoms. The van der Waals surface area contributed by atoms with E-state index in [4.69, 9.17) is 10.6 Å². The van der Waals surface area contributed by atoms with Crippen LogP contribution < -0.4 is 15.6 Å². The third-order valence-corrected chi connectivity index (χ3v) is 3.94. The van der Waals surface area contributed by atoms with Crippen LogP contribution in [0.3, 0.4) is 0 Å². The number of pyridine rings is 1. The summed E-state index contributed by atoms with van der Waals surface area (Å²) >= 11 is 0. The molecule has 3 rings (SSSR count). The van der Waals surface area contributed by atoms with E-state index in [1.165, 1.54) is 0 Å². The summed E-state index contributed by atoms with van der Waals surface area (Å²) in [5, 5.41) is 1.62. The fourth-order valence-electron chi connectivity index (χ4n) is 2.64. The van der Waals surface area contributed by atoms with Crippen LogP contribution in [0, 0.1) is 6.92 Å². The molecule has 0 spiro atoms. The van der Waals surface area contributed by atoms with Gasteiger partial charge in [-0.15, -0.1) is 0 Å². The van der Waals surface area contributed by atoms with Gasteiger partial charge in [-0.2, -0.15) is 0 Å². The minimum Gasteiger partial charge on any atom is -0.489 e. The first-order chi connectivity index (χ1) is 11.6. The number of nitrogens with two attached hydrogens (primary N) is 1. The molecule has 2 N–H and O–H groups in total. The first-order valence-corrected chi connectivity index (χ1v) is 7.86.